The summed E-state index contributed by atoms with van der Waals surface area (Å²) in [4.78, 5) is 36.4. The maximum absolute atomic E-state index is 13.4. The summed E-state index contributed by atoms with van der Waals surface area (Å²) in [6, 6.07) is 5.24. The number of hydrogen-bond donors (Lipinski definition) is 2. The number of nitrogens with zero attached hydrogens (tertiary/aromatic N) is 2. The number of hydrogen-bond acceptors (Lipinski definition) is 4. The van der Waals surface area contributed by atoms with Crippen molar-refractivity contribution in [2.45, 2.75) is 38.4 Å². The molecule has 0 saturated heterocycles. The Morgan fingerprint density at radius 1 is 1.24 bits per heavy atom. The van der Waals surface area contributed by atoms with E-state index in [1.165, 1.54) is 25.1 Å². The smallest absolute Gasteiger partial charge is 0.369 e. The molecule has 2 atom stereocenters. The van der Waals surface area contributed by atoms with Crippen LogP contribution in [-0.4, -0.2) is 27.6 Å². The lowest BCUT2D eigenvalue weighted by Crippen LogP contribution is -2.44. The molecule has 0 radical (unpaired) electrons. The summed E-state index contributed by atoms with van der Waals surface area (Å²) in [6.45, 7) is 1.42. The molecule has 0 unspecified atom stereocenters. The summed E-state index contributed by atoms with van der Waals surface area (Å²) >= 11 is 0. The number of para-hydroxylation sites is 1. The van der Waals surface area contributed by atoms with Gasteiger partial charge in [-0.2, -0.15) is 18.3 Å². The molecule has 2 amide bonds. The van der Waals surface area contributed by atoms with E-state index < -0.39 is 46.6 Å². The molecule has 1 aromatic carbocycles. The lowest BCUT2D eigenvalue weighted by Gasteiger charge is -2.19. The summed E-state index contributed by atoms with van der Waals surface area (Å²) in [5.74, 6) is -1.97. The van der Waals surface area contributed by atoms with Gasteiger partial charge in [0.25, 0.3) is 5.91 Å². The molecule has 0 bridgehead atoms. The van der Waals surface area contributed by atoms with Crippen LogP contribution >= 0.6 is 0 Å². The van der Waals surface area contributed by atoms with Gasteiger partial charge in [0.15, 0.2) is 5.69 Å². The molecule has 29 heavy (non-hydrogen) atoms. The van der Waals surface area contributed by atoms with Crippen molar-refractivity contribution >= 4 is 11.8 Å². The molecule has 3 rings (SSSR count). The van der Waals surface area contributed by atoms with E-state index in [9.17, 15) is 27.6 Å². The Morgan fingerprint density at radius 3 is 2.59 bits per heavy atom. The van der Waals surface area contributed by atoms with Gasteiger partial charge in [-0.05, 0) is 31.9 Å². The van der Waals surface area contributed by atoms with Crippen molar-refractivity contribution in [1.29, 1.82) is 0 Å². The molecule has 1 heterocycles. The van der Waals surface area contributed by atoms with Crippen LogP contribution in [0.5, 0.6) is 0 Å². The van der Waals surface area contributed by atoms with Gasteiger partial charge in [-0.15, -0.1) is 0 Å². The van der Waals surface area contributed by atoms with Gasteiger partial charge in [0.1, 0.15) is 0 Å². The normalized spacial score (nSPS) is 19.2. The average Bonchev–Trinajstić information content (AvgIpc) is 3.09. The number of primary amides is 1. The fourth-order valence-electron chi connectivity index (χ4n) is 3.56. The first-order valence-corrected chi connectivity index (χ1v) is 8.97. The molecule has 1 aromatic heterocycles. The summed E-state index contributed by atoms with van der Waals surface area (Å²) in [5, 5.41) is 6.48. The standard InChI is InChI=1S/C19H19F3N4O3/c1-10-9-15(27)16(18(29)24-13-7-4-5-11(13)17(23)28)25-26(10)14-8-3-2-6-12(14)19(20,21)22/h2-3,6,8-9,11,13H,4-5,7H2,1H3,(H2,23,28)(H,24,29)/t11-,13-/m1/s1. The molecular formula is C19H19F3N4O3. The van der Waals surface area contributed by atoms with E-state index in [1.807, 2.05) is 0 Å². The Hall–Kier alpha value is -3.17. The van der Waals surface area contributed by atoms with Crippen LogP contribution in [-0.2, 0) is 11.0 Å². The Kier molecular flexibility index (Phi) is 5.45. The number of alkyl halides is 3. The number of aromatic nitrogens is 2. The van der Waals surface area contributed by atoms with E-state index in [2.05, 4.69) is 10.4 Å². The number of nitrogens with one attached hydrogen (secondary N) is 1. The minimum Gasteiger partial charge on any atom is -0.369 e. The lowest BCUT2D eigenvalue weighted by atomic mass is 10.0. The van der Waals surface area contributed by atoms with Crippen molar-refractivity contribution < 1.29 is 22.8 Å². The van der Waals surface area contributed by atoms with Crippen molar-refractivity contribution in [2.24, 2.45) is 11.7 Å². The Balaban J connectivity index is 2.00. The minimum atomic E-state index is -4.64. The van der Waals surface area contributed by atoms with E-state index in [-0.39, 0.29) is 11.4 Å². The number of nitrogens with two attached hydrogens (primary N) is 1. The van der Waals surface area contributed by atoms with Gasteiger partial charge in [-0.3, -0.25) is 14.4 Å². The molecule has 154 valence electrons. The van der Waals surface area contributed by atoms with E-state index in [1.54, 1.807) is 0 Å². The average molecular weight is 408 g/mol. The van der Waals surface area contributed by atoms with Crippen LogP contribution < -0.4 is 16.5 Å². The number of carbonyl (C=O) groups excluding carboxylic acids is 2. The number of rotatable bonds is 4. The van der Waals surface area contributed by atoms with Gasteiger partial charge < -0.3 is 11.1 Å². The lowest BCUT2D eigenvalue weighted by molar-refractivity contribution is -0.137. The number of aryl methyl sites for hydroxylation is 1. The zero-order valence-electron chi connectivity index (χ0n) is 15.5. The SMILES string of the molecule is Cc1cc(=O)c(C(=O)N[C@@H]2CCC[C@H]2C(N)=O)nn1-c1ccccc1C(F)(F)F. The molecular weight excluding hydrogens is 389 g/mol. The highest BCUT2D eigenvalue weighted by Crippen LogP contribution is 2.33. The molecule has 1 aliphatic rings. The van der Waals surface area contributed by atoms with Gasteiger partial charge in [0.05, 0.1) is 17.2 Å². The quantitative estimate of drug-likeness (QED) is 0.806. The van der Waals surface area contributed by atoms with Gasteiger partial charge in [0.2, 0.25) is 11.3 Å². The number of amides is 2. The molecule has 1 aliphatic carbocycles. The first-order valence-electron chi connectivity index (χ1n) is 8.97. The van der Waals surface area contributed by atoms with Gasteiger partial charge in [0, 0.05) is 17.8 Å². The van der Waals surface area contributed by atoms with E-state index in [4.69, 9.17) is 5.73 Å². The second-order valence-electron chi connectivity index (χ2n) is 6.95. The minimum absolute atomic E-state index is 0.138. The number of carbonyl (C=O) groups is 2. The third-order valence-corrected chi connectivity index (χ3v) is 4.96. The van der Waals surface area contributed by atoms with Crippen molar-refractivity contribution in [2.75, 3.05) is 0 Å². The molecule has 1 fully saturated rings. The largest absolute Gasteiger partial charge is 0.418 e. The molecule has 2 aromatic rings. The predicted octanol–water partition coefficient (Wildman–Crippen LogP) is 1.94. The number of benzene rings is 1. The second kappa shape index (κ2) is 7.69. The van der Waals surface area contributed by atoms with Crippen LogP contribution in [0.25, 0.3) is 5.69 Å². The second-order valence-corrected chi connectivity index (χ2v) is 6.95. The van der Waals surface area contributed by atoms with Crippen LogP contribution in [0, 0.1) is 12.8 Å². The fourth-order valence-corrected chi connectivity index (χ4v) is 3.56. The van der Waals surface area contributed by atoms with Gasteiger partial charge in [-0.25, -0.2) is 4.68 Å². The summed E-state index contributed by atoms with van der Waals surface area (Å²) in [7, 11) is 0. The molecule has 1 saturated carbocycles. The zero-order valence-corrected chi connectivity index (χ0v) is 15.5. The van der Waals surface area contributed by atoms with Crippen LogP contribution in [0.1, 0.15) is 41.0 Å². The van der Waals surface area contributed by atoms with Crippen LogP contribution in [0.3, 0.4) is 0 Å². The molecule has 0 spiro atoms. The van der Waals surface area contributed by atoms with Crippen molar-refractivity contribution in [3.8, 4) is 5.69 Å². The van der Waals surface area contributed by atoms with E-state index >= 15 is 0 Å². The molecule has 3 N–H and O–H groups in total. The Morgan fingerprint density at radius 2 is 1.93 bits per heavy atom. The fraction of sp³-hybridized carbons (Fsp3) is 0.368. The summed E-state index contributed by atoms with van der Waals surface area (Å²) in [5.41, 5.74) is 2.94. The highest BCUT2D eigenvalue weighted by atomic mass is 19.4. The van der Waals surface area contributed by atoms with Crippen LogP contribution in [0.4, 0.5) is 13.2 Å². The first kappa shape index (κ1) is 20.6. The monoisotopic (exact) mass is 408 g/mol. The van der Waals surface area contributed by atoms with E-state index in [0.717, 1.165) is 16.8 Å². The van der Waals surface area contributed by atoms with Gasteiger partial charge >= 0.3 is 6.18 Å². The maximum atomic E-state index is 13.4. The van der Waals surface area contributed by atoms with Crippen molar-refractivity contribution in [3.63, 3.8) is 0 Å². The molecule has 10 heteroatoms. The summed E-state index contributed by atoms with van der Waals surface area (Å²) < 4.78 is 41.0. The highest BCUT2D eigenvalue weighted by molar-refractivity contribution is 5.92. The third kappa shape index (κ3) is 4.15. The Bertz CT molecular complexity index is 1020. The maximum Gasteiger partial charge on any atom is 0.418 e. The highest BCUT2D eigenvalue weighted by Gasteiger charge is 2.35. The van der Waals surface area contributed by atoms with Crippen molar-refractivity contribution in [3.05, 3.63) is 57.5 Å². The Labute approximate surface area is 163 Å². The van der Waals surface area contributed by atoms with Crippen LogP contribution in [0.2, 0.25) is 0 Å². The van der Waals surface area contributed by atoms with Gasteiger partial charge in [-0.1, -0.05) is 18.6 Å². The van der Waals surface area contributed by atoms with E-state index in [0.29, 0.717) is 19.3 Å². The third-order valence-electron chi connectivity index (χ3n) is 4.96. The zero-order chi connectivity index (χ0) is 21.3. The molecule has 7 nitrogen and oxygen atoms in total. The van der Waals surface area contributed by atoms with Crippen molar-refractivity contribution in [1.82, 2.24) is 15.1 Å². The van der Waals surface area contributed by atoms with Crippen LogP contribution in [0.15, 0.2) is 35.1 Å². The topological polar surface area (TPSA) is 107 Å². The number of halogens is 3. The molecule has 0 aliphatic heterocycles. The summed E-state index contributed by atoms with van der Waals surface area (Å²) in [6.07, 6.45) is -2.93. The first-order chi connectivity index (χ1) is 13.6. The predicted molar refractivity (Wildman–Crippen MR) is 97.4 cm³/mol.